The van der Waals surface area contributed by atoms with E-state index < -0.39 is 7.26 Å². The summed E-state index contributed by atoms with van der Waals surface area (Å²) in [6, 6.07) is 0. The van der Waals surface area contributed by atoms with Crippen LogP contribution < -0.4 is 0 Å². The summed E-state index contributed by atoms with van der Waals surface area (Å²) in [7, 11) is 2.06. The molecule has 172 valence electrons. The van der Waals surface area contributed by atoms with Gasteiger partial charge in [-0.2, -0.15) is 0 Å². The Labute approximate surface area is 183 Å². The van der Waals surface area contributed by atoms with Crippen molar-refractivity contribution in [1.82, 2.24) is 0 Å². The fourth-order valence-corrected chi connectivity index (χ4v) is 11.8. The first-order valence-corrected chi connectivity index (χ1v) is 17.1. The zero-order valence-corrected chi connectivity index (χ0v) is 22.5. The average molecular weight is 433 g/mol. The van der Waals surface area contributed by atoms with Gasteiger partial charge in [0.2, 0.25) is 0 Å². The van der Waals surface area contributed by atoms with Crippen LogP contribution in [0.25, 0.3) is 0 Å². The molecule has 0 aromatic heterocycles. The SMILES string of the molecule is CCCCCCCC[PH](CCP)(CCCCCCCC)CCCCCCCC. The second-order valence-electron chi connectivity index (χ2n) is 9.59. The molecular weight excluding hydrogens is 374 g/mol. The van der Waals surface area contributed by atoms with Gasteiger partial charge in [0.25, 0.3) is 0 Å². The van der Waals surface area contributed by atoms with E-state index in [1.165, 1.54) is 102 Å². The molecule has 0 heterocycles. The molecule has 0 aliphatic rings. The van der Waals surface area contributed by atoms with Gasteiger partial charge in [0.15, 0.2) is 0 Å². The first-order valence-electron chi connectivity index (χ1n) is 13.4. The molecule has 0 radical (unpaired) electrons. The minimum absolute atomic E-state index is 1.02. The van der Waals surface area contributed by atoms with Crippen molar-refractivity contribution in [2.24, 2.45) is 0 Å². The molecule has 1 atom stereocenters. The topological polar surface area (TPSA) is 0 Å². The first-order chi connectivity index (χ1) is 13.7. The summed E-state index contributed by atoms with van der Waals surface area (Å²) in [4.78, 5) is 0. The Morgan fingerprint density at radius 2 is 0.679 bits per heavy atom. The second kappa shape index (κ2) is 22.5. The van der Waals surface area contributed by atoms with Crippen molar-refractivity contribution >= 4 is 16.5 Å². The van der Waals surface area contributed by atoms with E-state index in [2.05, 4.69) is 30.0 Å². The molecule has 1 unspecified atom stereocenters. The molecule has 0 fully saturated rings. The van der Waals surface area contributed by atoms with Gasteiger partial charge in [-0.15, -0.1) is 0 Å². The Bertz CT molecular complexity index is 249. The van der Waals surface area contributed by atoms with E-state index in [0.717, 1.165) is 0 Å². The molecule has 0 aliphatic carbocycles. The fraction of sp³-hybridized carbons (Fsp3) is 1.00. The Balaban J connectivity index is 4.39. The van der Waals surface area contributed by atoms with Crippen LogP contribution in [-0.4, -0.2) is 30.8 Å². The van der Waals surface area contributed by atoms with E-state index >= 15 is 0 Å². The van der Waals surface area contributed by atoms with Crippen molar-refractivity contribution in [1.29, 1.82) is 0 Å². The summed E-state index contributed by atoms with van der Waals surface area (Å²) in [5, 5.41) is 0. The zero-order chi connectivity index (χ0) is 20.8. The molecule has 0 aliphatic heterocycles. The van der Waals surface area contributed by atoms with E-state index in [-0.39, 0.29) is 0 Å². The Morgan fingerprint density at radius 3 is 0.964 bits per heavy atom. The number of hydrogen-bond donors (Lipinski definition) is 0. The standard InChI is InChI=1S/C26H58P2/c1-4-7-10-13-16-19-23-28(26-22-27,24-20-17-14-11-8-5-2)25-21-18-15-12-9-6-3/h28H,4-27H2,1-3H3. The molecule has 0 saturated heterocycles. The molecule has 0 saturated carbocycles. The quantitative estimate of drug-likeness (QED) is 0.111. The Kier molecular flexibility index (Phi) is 23.2. The van der Waals surface area contributed by atoms with Crippen LogP contribution in [0.5, 0.6) is 0 Å². The summed E-state index contributed by atoms with van der Waals surface area (Å²) < 4.78 is 0. The van der Waals surface area contributed by atoms with E-state index in [9.17, 15) is 0 Å². The average Bonchev–Trinajstić information content (AvgIpc) is 2.70. The molecule has 0 aromatic carbocycles. The predicted octanol–water partition coefficient (Wildman–Crippen LogP) is 9.69. The summed E-state index contributed by atoms with van der Waals surface area (Å²) in [6.45, 7) is 6.99. The van der Waals surface area contributed by atoms with Gasteiger partial charge in [0.1, 0.15) is 0 Å². The van der Waals surface area contributed by atoms with Gasteiger partial charge in [-0.1, -0.05) is 0 Å². The fourth-order valence-electron chi connectivity index (χ4n) is 4.90. The molecule has 28 heavy (non-hydrogen) atoms. The predicted molar refractivity (Wildman–Crippen MR) is 142 cm³/mol. The molecule has 0 aromatic rings. The third-order valence-electron chi connectivity index (χ3n) is 6.86. The second-order valence-corrected chi connectivity index (χ2v) is 15.2. The van der Waals surface area contributed by atoms with Gasteiger partial charge in [0.05, 0.1) is 0 Å². The van der Waals surface area contributed by atoms with Gasteiger partial charge in [-0.05, 0) is 0 Å². The van der Waals surface area contributed by atoms with Gasteiger partial charge >= 0.3 is 184 Å². The van der Waals surface area contributed by atoms with Crippen LogP contribution in [0.1, 0.15) is 136 Å². The van der Waals surface area contributed by atoms with Crippen LogP contribution >= 0.6 is 16.5 Å². The van der Waals surface area contributed by atoms with Gasteiger partial charge in [0, 0.05) is 0 Å². The maximum absolute atomic E-state index is 3.08. The summed E-state index contributed by atoms with van der Waals surface area (Å²) in [6.07, 6.45) is 34.5. The monoisotopic (exact) mass is 432 g/mol. The van der Waals surface area contributed by atoms with E-state index in [4.69, 9.17) is 0 Å². The van der Waals surface area contributed by atoms with Crippen LogP contribution in [-0.2, 0) is 0 Å². The molecular formula is C26H58P2. The molecule has 0 spiro atoms. The molecule has 0 nitrogen and oxygen atoms in total. The third kappa shape index (κ3) is 17.7. The van der Waals surface area contributed by atoms with Crippen molar-refractivity contribution in [3.8, 4) is 0 Å². The van der Waals surface area contributed by atoms with Crippen molar-refractivity contribution in [3.63, 3.8) is 0 Å². The normalized spacial score (nSPS) is 12.6. The van der Waals surface area contributed by atoms with Crippen molar-refractivity contribution < 1.29 is 0 Å². The first kappa shape index (κ1) is 28.9. The van der Waals surface area contributed by atoms with Gasteiger partial charge < -0.3 is 0 Å². The van der Waals surface area contributed by atoms with Crippen LogP contribution in [0.15, 0.2) is 0 Å². The zero-order valence-electron chi connectivity index (χ0n) is 20.3. The number of hydrogen-bond acceptors (Lipinski definition) is 0. The number of unbranched alkanes of at least 4 members (excludes halogenated alkanes) is 15. The summed E-state index contributed by atoms with van der Waals surface area (Å²) in [5.74, 6) is 0. The van der Waals surface area contributed by atoms with Crippen molar-refractivity contribution in [3.05, 3.63) is 0 Å². The van der Waals surface area contributed by atoms with Gasteiger partial charge in [-0.3, -0.25) is 0 Å². The molecule has 0 N–H and O–H groups in total. The van der Waals surface area contributed by atoms with Crippen LogP contribution in [0.3, 0.4) is 0 Å². The molecule has 2 heteroatoms. The van der Waals surface area contributed by atoms with Crippen molar-refractivity contribution in [2.45, 2.75) is 136 Å². The number of rotatable bonds is 23. The van der Waals surface area contributed by atoms with E-state index in [1.807, 2.05) is 0 Å². The summed E-state index contributed by atoms with van der Waals surface area (Å²) in [5.41, 5.74) is 0. The molecule has 0 amide bonds. The van der Waals surface area contributed by atoms with Crippen LogP contribution in [0.4, 0.5) is 0 Å². The third-order valence-corrected chi connectivity index (χ3v) is 13.3. The molecule has 0 bridgehead atoms. The van der Waals surface area contributed by atoms with Crippen LogP contribution in [0, 0.1) is 0 Å². The maximum atomic E-state index is 3.08. The minimum atomic E-state index is -1.02. The Morgan fingerprint density at radius 1 is 0.393 bits per heavy atom. The van der Waals surface area contributed by atoms with Gasteiger partial charge in [-0.25, -0.2) is 0 Å². The van der Waals surface area contributed by atoms with Crippen LogP contribution in [0.2, 0.25) is 0 Å². The Hall–Kier alpha value is 0.860. The molecule has 0 rings (SSSR count). The van der Waals surface area contributed by atoms with E-state index in [0.29, 0.717) is 0 Å². The summed E-state index contributed by atoms with van der Waals surface area (Å²) >= 11 is 0. The van der Waals surface area contributed by atoms with Crippen molar-refractivity contribution in [2.75, 3.05) is 30.8 Å². The van der Waals surface area contributed by atoms with E-state index in [1.54, 1.807) is 43.9 Å².